The third-order valence-corrected chi connectivity index (χ3v) is 4.32. The van der Waals surface area contributed by atoms with Crippen LogP contribution in [0.25, 0.3) is 21.1 Å². The minimum absolute atomic E-state index is 0.0392. The van der Waals surface area contributed by atoms with Crippen LogP contribution in [0, 0.1) is 6.92 Å². The van der Waals surface area contributed by atoms with E-state index in [0.717, 1.165) is 26.8 Å². The predicted molar refractivity (Wildman–Crippen MR) is 81.2 cm³/mol. The molecule has 98 valence electrons. The number of aromatic nitrogens is 2. The Balaban J connectivity index is 2.45. The molecule has 0 radical (unpaired) electrons. The summed E-state index contributed by atoms with van der Waals surface area (Å²) in [5.41, 5.74) is 2.99. The fraction of sp³-hybridized carbons (Fsp3) is 0.333. The van der Waals surface area contributed by atoms with Crippen molar-refractivity contribution >= 4 is 32.7 Å². The molecule has 1 aromatic carbocycles. The van der Waals surface area contributed by atoms with Gasteiger partial charge in [-0.2, -0.15) is 4.37 Å². The zero-order valence-corrected chi connectivity index (χ0v) is 12.3. The van der Waals surface area contributed by atoms with Gasteiger partial charge in [0.05, 0.1) is 16.6 Å². The average Bonchev–Trinajstić information content (AvgIpc) is 2.70. The lowest BCUT2D eigenvalue weighted by molar-refractivity contribution is 0.591. The zero-order chi connectivity index (χ0) is 13.8. The quantitative estimate of drug-likeness (QED) is 0.677. The number of aromatic amines is 1. The zero-order valence-electron chi connectivity index (χ0n) is 11.5. The van der Waals surface area contributed by atoms with Gasteiger partial charge in [-0.25, -0.2) is 0 Å². The Morgan fingerprint density at radius 3 is 2.68 bits per heavy atom. The topological polar surface area (TPSA) is 45.8 Å². The van der Waals surface area contributed by atoms with E-state index < -0.39 is 0 Å². The molecule has 1 N–H and O–H groups in total. The number of fused-ring (bicyclic) bond motifs is 2. The molecule has 19 heavy (non-hydrogen) atoms. The maximum absolute atomic E-state index is 12.6. The van der Waals surface area contributed by atoms with Gasteiger partial charge >= 0.3 is 0 Å². The molecule has 0 aliphatic heterocycles. The maximum Gasteiger partial charge on any atom is 0.199 e. The summed E-state index contributed by atoms with van der Waals surface area (Å²) in [6, 6.07) is 6.08. The Morgan fingerprint density at radius 1 is 1.26 bits per heavy atom. The number of hydrogen-bond donors (Lipinski definition) is 1. The normalized spacial score (nSPS) is 12.4. The van der Waals surface area contributed by atoms with E-state index in [1.807, 2.05) is 19.1 Å². The van der Waals surface area contributed by atoms with Crippen LogP contribution < -0.4 is 5.43 Å². The fourth-order valence-corrected chi connectivity index (χ4v) is 3.09. The second-order valence-electron chi connectivity index (χ2n) is 5.94. The maximum atomic E-state index is 12.6. The standard InChI is InChI=1S/C15H16N2OS/c1-8-12-13(18)10-7-9(15(2,3)4)5-6-11(10)16-14(12)19-17-8/h5-7H,1-4H3,(H,16,18). The molecule has 2 aromatic heterocycles. The van der Waals surface area contributed by atoms with E-state index >= 15 is 0 Å². The highest BCUT2D eigenvalue weighted by atomic mass is 32.1. The first kappa shape index (κ1) is 12.4. The molecule has 0 saturated heterocycles. The molecule has 0 aliphatic carbocycles. The lowest BCUT2D eigenvalue weighted by atomic mass is 9.86. The van der Waals surface area contributed by atoms with Crippen LogP contribution in [0.3, 0.4) is 0 Å². The van der Waals surface area contributed by atoms with Gasteiger partial charge in [0, 0.05) is 5.39 Å². The third-order valence-electron chi connectivity index (χ3n) is 3.47. The minimum Gasteiger partial charge on any atom is -0.345 e. The Kier molecular flexibility index (Phi) is 2.54. The van der Waals surface area contributed by atoms with Crippen molar-refractivity contribution < 1.29 is 0 Å². The fourth-order valence-electron chi connectivity index (χ4n) is 2.29. The summed E-state index contributed by atoms with van der Waals surface area (Å²) >= 11 is 1.35. The summed E-state index contributed by atoms with van der Waals surface area (Å²) in [6.07, 6.45) is 0. The van der Waals surface area contributed by atoms with Crippen molar-refractivity contribution in [2.24, 2.45) is 0 Å². The van der Waals surface area contributed by atoms with Crippen LogP contribution in [0.5, 0.6) is 0 Å². The van der Waals surface area contributed by atoms with Crippen molar-refractivity contribution in [1.82, 2.24) is 9.36 Å². The molecular weight excluding hydrogens is 256 g/mol. The largest absolute Gasteiger partial charge is 0.345 e. The van der Waals surface area contributed by atoms with Gasteiger partial charge in [-0.1, -0.05) is 26.8 Å². The molecule has 4 heteroatoms. The van der Waals surface area contributed by atoms with Crippen LogP contribution in [-0.4, -0.2) is 9.36 Å². The summed E-state index contributed by atoms with van der Waals surface area (Å²) in [7, 11) is 0. The first-order chi connectivity index (χ1) is 8.88. The number of aryl methyl sites for hydroxylation is 1. The van der Waals surface area contributed by atoms with Crippen LogP contribution in [0.4, 0.5) is 0 Å². The molecular formula is C15H16N2OS. The summed E-state index contributed by atoms with van der Waals surface area (Å²) < 4.78 is 4.26. The number of nitrogens with zero attached hydrogens (tertiary/aromatic N) is 1. The highest BCUT2D eigenvalue weighted by Gasteiger charge is 2.16. The van der Waals surface area contributed by atoms with Crippen LogP contribution in [-0.2, 0) is 5.41 Å². The van der Waals surface area contributed by atoms with Gasteiger partial charge < -0.3 is 4.98 Å². The lowest BCUT2D eigenvalue weighted by Crippen LogP contribution is -2.12. The molecule has 0 spiro atoms. The first-order valence-corrected chi connectivity index (χ1v) is 7.08. The van der Waals surface area contributed by atoms with Crippen molar-refractivity contribution in [2.45, 2.75) is 33.1 Å². The number of pyridine rings is 1. The van der Waals surface area contributed by atoms with Gasteiger partial charge in [-0.3, -0.25) is 4.79 Å². The molecule has 3 rings (SSSR count). The van der Waals surface area contributed by atoms with E-state index in [0.29, 0.717) is 0 Å². The molecule has 0 bridgehead atoms. The Hall–Kier alpha value is -1.68. The van der Waals surface area contributed by atoms with Crippen molar-refractivity contribution in [3.63, 3.8) is 0 Å². The van der Waals surface area contributed by atoms with Gasteiger partial charge in [0.25, 0.3) is 0 Å². The first-order valence-electron chi connectivity index (χ1n) is 6.30. The Bertz CT molecular complexity index is 837. The van der Waals surface area contributed by atoms with E-state index in [2.05, 4.69) is 36.2 Å². The second-order valence-corrected chi connectivity index (χ2v) is 6.71. The molecule has 0 saturated carbocycles. The van der Waals surface area contributed by atoms with E-state index in [9.17, 15) is 4.79 Å². The third kappa shape index (κ3) is 1.87. The monoisotopic (exact) mass is 272 g/mol. The number of rotatable bonds is 0. The predicted octanol–water partition coefficient (Wildman–Crippen LogP) is 3.74. The summed E-state index contributed by atoms with van der Waals surface area (Å²) in [5.74, 6) is 0. The smallest absolute Gasteiger partial charge is 0.199 e. The molecule has 3 aromatic rings. The summed E-state index contributed by atoms with van der Waals surface area (Å²) in [6.45, 7) is 8.34. The molecule has 3 nitrogen and oxygen atoms in total. The van der Waals surface area contributed by atoms with Crippen molar-refractivity contribution in [2.75, 3.05) is 0 Å². The van der Waals surface area contributed by atoms with Crippen molar-refractivity contribution in [1.29, 1.82) is 0 Å². The van der Waals surface area contributed by atoms with E-state index in [4.69, 9.17) is 0 Å². The van der Waals surface area contributed by atoms with Crippen molar-refractivity contribution in [3.8, 4) is 0 Å². The van der Waals surface area contributed by atoms with Crippen molar-refractivity contribution in [3.05, 3.63) is 39.7 Å². The highest BCUT2D eigenvalue weighted by molar-refractivity contribution is 7.13. The van der Waals surface area contributed by atoms with Gasteiger partial charge in [0.15, 0.2) is 5.43 Å². The van der Waals surface area contributed by atoms with E-state index in [1.165, 1.54) is 17.1 Å². The number of nitrogens with one attached hydrogen (secondary N) is 1. The van der Waals surface area contributed by atoms with Crippen LogP contribution in [0.2, 0.25) is 0 Å². The average molecular weight is 272 g/mol. The van der Waals surface area contributed by atoms with Gasteiger partial charge in [0.2, 0.25) is 0 Å². The molecule has 0 unspecified atom stereocenters. The second kappa shape index (κ2) is 3.90. The van der Waals surface area contributed by atoms with Crippen LogP contribution in [0.15, 0.2) is 23.0 Å². The number of benzene rings is 1. The molecule has 2 heterocycles. The molecule has 0 atom stereocenters. The Labute approximate surface area is 115 Å². The molecule has 0 aliphatic rings. The highest BCUT2D eigenvalue weighted by Crippen LogP contribution is 2.26. The van der Waals surface area contributed by atoms with E-state index in [1.54, 1.807) is 0 Å². The minimum atomic E-state index is 0.0392. The van der Waals surface area contributed by atoms with Gasteiger partial charge in [0.1, 0.15) is 4.83 Å². The van der Waals surface area contributed by atoms with Crippen LogP contribution >= 0.6 is 11.5 Å². The summed E-state index contributed by atoms with van der Waals surface area (Å²) in [5, 5.41) is 1.48. The number of hydrogen-bond acceptors (Lipinski definition) is 3. The van der Waals surface area contributed by atoms with Gasteiger partial charge in [-0.05, 0) is 41.6 Å². The lowest BCUT2D eigenvalue weighted by Gasteiger charge is -2.19. The Morgan fingerprint density at radius 2 is 2.00 bits per heavy atom. The summed E-state index contributed by atoms with van der Waals surface area (Å²) in [4.78, 5) is 16.8. The SMILES string of the molecule is Cc1nsc2[nH]c3ccc(C(C)(C)C)cc3c(=O)c12. The van der Waals surface area contributed by atoms with E-state index in [-0.39, 0.29) is 10.8 Å². The number of H-pyrrole nitrogens is 1. The molecule has 0 amide bonds. The van der Waals surface area contributed by atoms with Crippen LogP contribution in [0.1, 0.15) is 32.0 Å². The molecule has 0 fully saturated rings. The van der Waals surface area contributed by atoms with Gasteiger partial charge in [-0.15, -0.1) is 0 Å².